The molecule has 0 amide bonds. The second-order valence-corrected chi connectivity index (χ2v) is 6.47. The maximum atomic E-state index is 12.5. The fourth-order valence-electron chi connectivity index (χ4n) is 3.69. The zero-order valence-corrected chi connectivity index (χ0v) is 15.2. The van der Waals surface area contributed by atoms with Crippen LogP contribution in [0, 0.1) is 0 Å². The number of phenols is 1. The minimum atomic E-state index is -0.579. The summed E-state index contributed by atoms with van der Waals surface area (Å²) >= 11 is 0. The van der Waals surface area contributed by atoms with Crippen molar-refractivity contribution < 1.29 is 19.0 Å². The van der Waals surface area contributed by atoms with Crippen LogP contribution in [0.4, 0.5) is 10.1 Å². The lowest BCUT2D eigenvalue weighted by molar-refractivity contribution is 0.272. The number of alkyl halides is 1. The maximum Gasteiger partial charge on any atom is 0.123 e. The minimum Gasteiger partial charge on any atom is -0.508 e. The Morgan fingerprint density at radius 2 is 1.93 bits per heavy atom. The quantitative estimate of drug-likeness (QED) is 0.738. The highest BCUT2D eigenvalue weighted by molar-refractivity contribution is 5.70. The van der Waals surface area contributed by atoms with E-state index in [1.54, 1.807) is 13.2 Å². The van der Waals surface area contributed by atoms with Crippen LogP contribution in [0.15, 0.2) is 54.7 Å². The van der Waals surface area contributed by atoms with E-state index in [-0.39, 0.29) is 18.4 Å². The molecule has 0 spiro atoms. The molecule has 0 fully saturated rings. The topological polar surface area (TPSA) is 46.9 Å². The van der Waals surface area contributed by atoms with Gasteiger partial charge < -0.3 is 24.0 Å². The van der Waals surface area contributed by atoms with Gasteiger partial charge in [0.15, 0.2) is 0 Å². The first-order valence-corrected chi connectivity index (χ1v) is 8.73. The van der Waals surface area contributed by atoms with Crippen LogP contribution >= 0.6 is 0 Å². The number of methoxy groups -OCH3 is 1. The van der Waals surface area contributed by atoms with Crippen molar-refractivity contribution >= 4 is 5.69 Å². The van der Waals surface area contributed by atoms with E-state index in [1.165, 1.54) is 6.07 Å². The van der Waals surface area contributed by atoms with Gasteiger partial charge >= 0.3 is 0 Å². The largest absolute Gasteiger partial charge is 0.508 e. The molecule has 0 bridgehead atoms. The van der Waals surface area contributed by atoms with Crippen LogP contribution in [-0.4, -0.2) is 37.1 Å². The molecule has 2 aromatic carbocycles. The second kappa shape index (κ2) is 6.87. The number of ether oxygens (including phenoxy) is 2. The number of benzene rings is 2. The van der Waals surface area contributed by atoms with Gasteiger partial charge in [-0.15, -0.1) is 0 Å². The smallest absolute Gasteiger partial charge is 0.123 e. The second-order valence-electron chi connectivity index (χ2n) is 6.47. The van der Waals surface area contributed by atoms with Gasteiger partial charge in [0.2, 0.25) is 0 Å². The molecule has 3 aromatic rings. The number of halogens is 1. The van der Waals surface area contributed by atoms with Crippen LogP contribution in [0.2, 0.25) is 0 Å². The predicted molar refractivity (Wildman–Crippen MR) is 102 cm³/mol. The van der Waals surface area contributed by atoms with E-state index in [1.807, 2.05) is 43.6 Å². The number of anilines is 1. The Labute approximate surface area is 157 Å². The third kappa shape index (κ3) is 2.97. The normalized spacial score (nSPS) is 15.2. The third-order valence-electron chi connectivity index (χ3n) is 4.85. The van der Waals surface area contributed by atoms with Crippen LogP contribution < -0.4 is 14.4 Å². The molecule has 1 aromatic heterocycles. The summed E-state index contributed by atoms with van der Waals surface area (Å²) in [5, 5.41) is 10.2. The number of fused-ring (bicyclic) bond motifs is 3. The zero-order valence-electron chi connectivity index (χ0n) is 15.2. The summed E-state index contributed by atoms with van der Waals surface area (Å²) in [6, 6.07) is 14.9. The lowest BCUT2D eigenvalue weighted by atomic mass is 9.98. The first-order chi connectivity index (χ1) is 13.1. The van der Waals surface area contributed by atoms with Crippen LogP contribution in [0.25, 0.3) is 5.69 Å². The van der Waals surface area contributed by atoms with Crippen molar-refractivity contribution in [2.24, 2.45) is 0 Å². The van der Waals surface area contributed by atoms with Crippen molar-refractivity contribution in [3.8, 4) is 22.9 Å². The molecule has 4 rings (SSSR count). The fourth-order valence-corrected chi connectivity index (χ4v) is 3.69. The van der Waals surface area contributed by atoms with Crippen molar-refractivity contribution in [2.75, 3.05) is 32.3 Å². The van der Waals surface area contributed by atoms with E-state index in [4.69, 9.17) is 9.47 Å². The number of aromatic nitrogens is 1. The van der Waals surface area contributed by atoms with Crippen LogP contribution in [0.5, 0.6) is 17.2 Å². The highest BCUT2D eigenvalue weighted by Crippen LogP contribution is 2.43. The average molecular weight is 367 g/mol. The van der Waals surface area contributed by atoms with Crippen molar-refractivity contribution in [3.63, 3.8) is 0 Å². The molecule has 0 aliphatic carbocycles. The monoisotopic (exact) mass is 367 g/mol. The summed E-state index contributed by atoms with van der Waals surface area (Å²) in [4.78, 5) is 2.14. The van der Waals surface area contributed by atoms with Gasteiger partial charge in [-0.2, -0.15) is 0 Å². The van der Waals surface area contributed by atoms with Gasteiger partial charge in [-0.1, -0.05) is 0 Å². The highest BCUT2D eigenvalue weighted by Gasteiger charge is 2.30. The number of phenolic OH excluding ortho intramolecular Hbond substituents is 1. The molecule has 1 atom stereocenters. The van der Waals surface area contributed by atoms with Gasteiger partial charge in [0.05, 0.1) is 24.5 Å². The number of nitrogens with zero attached hydrogens (tertiary/aromatic N) is 2. The molecule has 140 valence electrons. The van der Waals surface area contributed by atoms with E-state index in [2.05, 4.69) is 15.5 Å². The third-order valence-corrected chi connectivity index (χ3v) is 4.85. The molecular formula is C21H21FN2O3. The van der Waals surface area contributed by atoms with Crippen LogP contribution in [-0.2, 0) is 0 Å². The molecule has 1 aliphatic heterocycles. The van der Waals surface area contributed by atoms with Gasteiger partial charge in [0.1, 0.15) is 30.5 Å². The molecule has 1 aliphatic rings. The molecular weight excluding hydrogens is 346 g/mol. The summed E-state index contributed by atoms with van der Waals surface area (Å²) in [6.07, 6.45) is 2.02. The maximum absolute atomic E-state index is 12.5. The Bertz CT molecular complexity index is 970. The zero-order chi connectivity index (χ0) is 19.0. The standard InChI is InChI=1S/C21H21FN2O3/c1-23-20-13-16(26-2)5-6-18(20)24-8-3-4-19(24)21(23)14-10-15(25)12-17(11-14)27-9-7-22/h3-6,8,10-13,21,25H,7,9H2,1-2H3/i22-1. The van der Waals surface area contributed by atoms with Crippen molar-refractivity contribution in [3.05, 3.63) is 66.0 Å². The molecule has 27 heavy (non-hydrogen) atoms. The molecule has 1 unspecified atom stereocenters. The van der Waals surface area contributed by atoms with E-state index < -0.39 is 6.67 Å². The van der Waals surface area contributed by atoms with Crippen molar-refractivity contribution in [1.82, 2.24) is 4.57 Å². The van der Waals surface area contributed by atoms with E-state index in [0.717, 1.165) is 28.4 Å². The summed E-state index contributed by atoms with van der Waals surface area (Å²) < 4.78 is 25.4. The van der Waals surface area contributed by atoms with Gasteiger partial charge in [0.25, 0.3) is 0 Å². The van der Waals surface area contributed by atoms with Crippen molar-refractivity contribution in [2.45, 2.75) is 6.04 Å². The predicted octanol–water partition coefficient (Wildman–Crippen LogP) is 4.08. The molecule has 5 nitrogen and oxygen atoms in total. The molecule has 0 saturated heterocycles. The molecule has 1 N–H and O–H groups in total. The number of hydrogen-bond acceptors (Lipinski definition) is 4. The van der Waals surface area contributed by atoms with E-state index in [0.29, 0.717) is 5.75 Å². The van der Waals surface area contributed by atoms with E-state index >= 15 is 0 Å². The Kier molecular flexibility index (Phi) is 4.39. The summed E-state index contributed by atoms with van der Waals surface area (Å²) in [7, 11) is 3.65. The Morgan fingerprint density at radius 3 is 2.70 bits per heavy atom. The summed E-state index contributed by atoms with van der Waals surface area (Å²) in [5.74, 6) is 1.31. The molecule has 0 saturated carbocycles. The van der Waals surface area contributed by atoms with Gasteiger partial charge in [-0.05, 0) is 42.0 Å². The Balaban J connectivity index is 1.83. The Hall–Kier alpha value is -3.15. The number of hydrogen-bond donors (Lipinski definition) is 1. The number of rotatable bonds is 5. The van der Waals surface area contributed by atoms with Gasteiger partial charge in [-0.3, -0.25) is 0 Å². The van der Waals surface area contributed by atoms with Gasteiger partial charge in [-0.25, -0.2) is 4.39 Å². The minimum absolute atomic E-state index is 0.0419. The fraction of sp³-hybridized carbons (Fsp3) is 0.238. The van der Waals surface area contributed by atoms with Crippen molar-refractivity contribution in [1.29, 1.82) is 0 Å². The first kappa shape index (κ1) is 17.3. The summed E-state index contributed by atoms with van der Waals surface area (Å²) in [5.41, 5.74) is 4.00. The number of aromatic hydroxyl groups is 1. The SMILES string of the molecule is COc1ccc2c(c1)N(C)C(c1cc(O)cc(OCC[18F])c1)c1cccn1-2. The lowest BCUT2D eigenvalue weighted by Gasteiger charge is -2.37. The Morgan fingerprint density at radius 1 is 1.07 bits per heavy atom. The first-order valence-electron chi connectivity index (χ1n) is 8.73. The van der Waals surface area contributed by atoms with Gasteiger partial charge in [0, 0.05) is 31.1 Å². The molecule has 6 heteroatoms. The highest BCUT2D eigenvalue weighted by atomic mass is 18.2. The van der Waals surface area contributed by atoms with E-state index in [9.17, 15) is 9.50 Å². The van der Waals surface area contributed by atoms with Crippen LogP contribution in [0.1, 0.15) is 17.3 Å². The molecule has 2 heterocycles. The van der Waals surface area contributed by atoms with Crippen LogP contribution in [0.3, 0.4) is 0 Å². The lowest BCUT2D eigenvalue weighted by Crippen LogP contribution is -2.31. The molecule has 0 radical (unpaired) electrons. The average Bonchev–Trinajstić information content (AvgIpc) is 3.15. The summed E-state index contributed by atoms with van der Waals surface area (Å²) in [6.45, 7) is -0.621.